The maximum absolute atomic E-state index is 6.06. The Kier molecular flexibility index (Phi) is 3.26. The van der Waals surface area contributed by atoms with Gasteiger partial charge in [-0.25, -0.2) is 4.98 Å². The van der Waals surface area contributed by atoms with Crippen molar-refractivity contribution in [2.45, 2.75) is 18.9 Å². The lowest BCUT2D eigenvalue weighted by Crippen LogP contribution is -2.27. The highest BCUT2D eigenvalue weighted by molar-refractivity contribution is 5.10. The third-order valence-electron chi connectivity index (χ3n) is 2.47. The Balaban J connectivity index is 1.95. The van der Waals surface area contributed by atoms with Crippen LogP contribution in [0.25, 0.3) is 0 Å². The van der Waals surface area contributed by atoms with Gasteiger partial charge in [0.05, 0.1) is 0 Å². The van der Waals surface area contributed by atoms with E-state index < -0.39 is 0 Å². The maximum atomic E-state index is 6.06. The first-order valence-corrected chi connectivity index (χ1v) is 5.23. The highest BCUT2D eigenvalue weighted by Crippen LogP contribution is 2.04. The second kappa shape index (κ2) is 4.85. The molecule has 2 aromatic heterocycles. The summed E-state index contributed by atoms with van der Waals surface area (Å²) in [4.78, 5) is 8.22. The van der Waals surface area contributed by atoms with Crippen LogP contribution in [0.1, 0.15) is 11.4 Å². The second-order valence-electron chi connectivity index (χ2n) is 3.83. The normalized spacial score (nSPS) is 12.6. The molecule has 0 bridgehead atoms. The molecule has 2 N–H and O–H groups in total. The highest BCUT2D eigenvalue weighted by atomic mass is 15.3. The molecule has 5 heteroatoms. The largest absolute Gasteiger partial charge is 0.327 e. The summed E-state index contributed by atoms with van der Waals surface area (Å²) in [6.45, 7) is 0. The molecule has 16 heavy (non-hydrogen) atoms. The van der Waals surface area contributed by atoms with Gasteiger partial charge < -0.3 is 5.73 Å². The predicted molar refractivity (Wildman–Crippen MR) is 60.6 cm³/mol. The Hall–Kier alpha value is -1.75. The topological polar surface area (TPSA) is 69.6 Å². The molecule has 0 radical (unpaired) electrons. The molecular weight excluding hydrogens is 202 g/mol. The summed E-state index contributed by atoms with van der Waals surface area (Å²) in [7, 11) is 1.87. The monoisotopic (exact) mass is 217 g/mol. The van der Waals surface area contributed by atoms with E-state index in [1.165, 1.54) is 0 Å². The number of nitrogens with two attached hydrogens (primary N) is 1. The molecule has 0 aromatic carbocycles. The first kappa shape index (κ1) is 10.8. The zero-order valence-electron chi connectivity index (χ0n) is 9.24. The number of pyridine rings is 1. The Morgan fingerprint density at radius 2 is 2.31 bits per heavy atom. The van der Waals surface area contributed by atoms with Gasteiger partial charge in [0.15, 0.2) is 0 Å². The van der Waals surface area contributed by atoms with Crippen LogP contribution in [0.5, 0.6) is 0 Å². The minimum absolute atomic E-state index is 0.0482. The number of nitrogens with zero attached hydrogens (tertiary/aromatic N) is 4. The van der Waals surface area contributed by atoms with Crippen molar-refractivity contribution in [3.8, 4) is 0 Å². The lowest BCUT2D eigenvalue weighted by atomic mass is 10.1. The minimum atomic E-state index is 0.0482. The van der Waals surface area contributed by atoms with Gasteiger partial charge in [0.25, 0.3) is 0 Å². The average molecular weight is 217 g/mol. The smallest absolute Gasteiger partial charge is 0.138 e. The van der Waals surface area contributed by atoms with Crippen molar-refractivity contribution >= 4 is 0 Å². The highest BCUT2D eigenvalue weighted by Gasteiger charge is 2.09. The van der Waals surface area contributed by atoms with E-state index in [1.807, 2.05) is 25.4 Å². The lowest BCUT2D eigenvalue weighted by molar-refractivity contribution is 0.602. The van der Waals surface area contributed by atoms with Gasteiger partial charge in [-0.15, -0.1) is 0 Å². The molecule has 2 heterocycles. The number of hydrogen-bond donors (Lipinski definition) is 1. The Morgan fingerprint density at radius 3 is 2.94 bits per heavy atom. The summed E-state index contributed by atoms with van der Waals surface area (Å²) in [5.41, 5.74) is 7.21. The molecule has 0 saturated carbocycles. The lowest BCUT2D eigenvalue weighted by Gasteiger charge is -2.10. The predicted octanol–water partition coefficient (Wildman–Crippen LogP) is 0.323. The molecular formula is C11H15N5. The van der Waals surface area contributed by atoms with Crippen LogP contribution < -0.4 is 5.73 Å². The molecule has 2 rings (SSSR count). The fraction of sp³-hybridized carbons (Fsp3) is 0.364. The van der Waals surface area contributed by atoms with E-state index in [-0.39, 0.29) is 6.04 Å². The van der Waals surface area contributed by atoms with Crippen molar-refractivity contribution in [2.24, 2.45) is 12.8 Å². The van der Waals surface area contributed by atoms with Crippen LogP contribution in [0.15, 0.2) is 30.9 Å². The van der Waals surface area contributed by atoms with Gasteiger partial charge in [-0.2, -0.15) is 5.10 Å². The summed E-state index contributed by atoms with van der Waals surface area (Å²) in [5, 5.41) is 4.01. The van der Waals surface area contributed by atoms with Gasteiger partial charge in [0, 0.05) is 31.9 Å². The van der Waals surface area contributed by atoms with Crippen LogP contribution in [0.4, 0.5) is 0 Å². The SMILES string of the molecule is Cn1ncnc1CC(N)Cc1cccnc1. The number of aromatic nitrogens is 4. The molecule has 1 atom stereocenters. The molecule has 0 amide bonds. The Bertz CT molecular complexity index is 437. The molecule has 0 fully saturated rings. The second-order valence-corrected chi connectivity index (χ2v) is 3.83. The van der Waals surface area contributed by atoms with Gasteiger partial charge in [-0.05, 0) is 18.1 Å². The molecule has 0 saturated heterocycles. The van der Waals surface area contributed by atoms with Crippen molar-refractivity contribution in [2.75, 3.05) is 0 Å². The van der Waals surface area contributed by atoms with Crippen molar-refractivity contribution < 1.29 is 0 Å². The average Bonchev–Trinajstić information content (AvgIpc) is 2.66. The molecule has 84 valence electrons. The molecule has 5 nitrogen and oxygen atoms in total. The summed E-state index contributed by atoms with van der Waals surface area (Å²) in [6.07, 6.45) is 6.69. The minimum Gasteiger partial charge on any atom is -0.327 e. The van der Waals surface area contributed by atoms with Gasteiger partial charge in [-0.1, -0.05) is 6.07 Å². The molecule has 2 aromatic rings. The van der Waals surface area contributed by atoms with Crippen LogP contribution in [-0.4, -0.2) is 25.8 Å². The Morgan fingerprint density at radius 1 is 1.44 bits per heavy atom. The van der Waals surface area contributed by atoms with Gasteiger partial charge in [0.1, 0.15) is 12.2 Å². The number of aryl methyl sites for hydroxylation is 1. The third kappa shape index (κ3) is 2.64. The first-order valence-electron chi connectivity index (χ1n) is 5.23. The standard InChI is InChI=1S/C11H15N5/c1-16-11(14-8-15-16)6-10(12)5-9-3-2-4-13-7-9/h2-4,7-8,10H,5-6,12H2,1H3. The fourth-order valence-electron chi connectivity index (χ4n) is 1.63. The zero-order valence-corrected chi connectivity index (χ0v) is 9.24. The van der Waals surface area contributed by atoms with E-state index >= 15 is 0 Å². The third-order valence-corrected chi connectivity index (χ3v) is 2.47. The molecule has 1 unspecified atom stereocenters. The zero-order chi connectivity index (χ0) is 11.4. The van der Waals surface area contributed by atoms with E-state index in [4.69, 9.17) is 5.73 Å². The fourth-order valence-corrected chi connectivity index (χ4v) is 1.63. The quantitative estimate of drug-likeness (QED) is 0.801. The first-order chi connectivity index (χ1) is 7.75. The summed E-state index contributed by atoms with van der Waals surface area (Å²) < 4.78 is 1.75. The van der Waals surface area contributed by atoms with Gasteiger partial charge >= 0.3 is 0 Å². The van der Waals surface area contributed by atoms with Gasteiger partial charge in [-0.3, -0.25) is 9.67 Å². The Labute approximate surface area is 94.3 Å². The van der Waals surface area contributed by atoms with E-state index in [1.54, 1.807) is 17.2 Å². The van der Waals surface area contributed by atoms with Crippen LogP contribution >= 0.6 is 0 Å². The molecule has 0 spiro atoms. The molecule has 0 aliphatic heterocycles. The van der Waals surface area contributed by atoms with E-state index in [9.17, 15) is 0 Å². The van der Waals surface area contributed by atoms with Crippen LogP contribution in [-0.2, 0) is 19.9 Å². The van der Waals surface area contributed by atoms with Gasteiger partial charge in [0.2, 0.25) is 0 Å². The van der Waals surface area contributed by atoms with Crippen LogP contribution in [0.2, 0.25) is 0 Å². The number of rotatable bonds is 4. The van der Waals surface area contributed by atoms with Crippen LogP contribution in [0.3, 0.4) is 0 Å². The van der Waals surface area contributed by atoms with Crippen molar-refractivity contribution in [3.05, 3.63) is 42.2 Å². The molecule has 0 aliphatic rings. The van der Waals surface area contributed by atoms with E-state index in [2.05, 4.69) is 15.1 Å². The van der Waals surface area contributed by atoms with E-state index in [0.717, 1.165) is 24.2 Å². The summed E-state index contributed by atoms with van der Waals surface area (Å²) in [5.74, 6) is 0.913. The maximum Gasteiger partial charge on any atom is 0.138 e. The van der Waals surface area contributed by atoms with Crippen LogP contribution in [0, 0.1) is 0 Å². The van der Waals surface area contributed by atoms with E-state index in [0.29, 0.717) is 0 Å². The van der Waals surface area contributed by atoms with Crippen molar-refractivity contribution in [1.82, 2.24) is 19.7 Å². The van der Waals surface area contributed by atoms with Crippen molar-refractivity contribution in [1.29, 1.82) is 0 Å². The number of hydrogen-bond acceptors (Lipinski definition) is 4. The summed E-state index contributed by atoms with van der Waals surface area (Å²) in [6, 6.07) is 4.00. The van der Waals surface area contributed by atoms with Crippen molar-refractivity contribution in [3.63, 3.8) is 0 Å². The molecule has 0 aliphatic carbocycles. The summed E-state index contributed by atoms with van der Waals surface area (Å²) >= 11 is 0.